The molecule has 0 radical (unpaired) electrons. The monoisotopic (exact) mass is 247 g/mol. The third kappa shape index (κ3) is 2.82. The minimum Gasteiger partial charge on any atom is -0.342 e. The molecule has 0 saturated carbocycles. The molecule has 2 nitrogen and oxygen atoms in total. The highest BCUT2D eigenvalue weighted by molar-refractivity contribution is 7.99. The third-order valence-corrected chi connectivity index (χ3v) is 5.02. The molecule has 4 heteroatoms. The molecule has 86 valence electrons. The van der Waals surface area contributed by atoms with E-state index in [1.165, 1.54) is 0 Å². The highest BCUT2D eigenvalue weighted by Gasteiger charge is 2.29. The smallest absolute Gasteiger partial charge is 0.226 e. The van der Waals surface area contributed by atoms with Crippen LogP contribution in [-0.4, -0.2) is 41.3 Å². The second kappa shape index (κ2) is 5.44. The summed E-state index contributed by atoms with van der Waals surface area (Å²) in [6.07, 6.45) is 3.27. The topological polar surface area (TPSA) is 20.3 Å². The van der Waals surface area contributed by atoms with E-state index in [1.807, 2.05) is 11.8 Å². The second-order valence-corrected chi connectivity index (χ2v) is 5.94. The lowest BCUT2D eigenvalue weighted by atomic mass is 9.97. The Labute approximate surface area is 101 Å². The van der Waals surface area contributed by atoms with Crippen LogP contribution in [0.15, 0.2) is 0 Å². The van der Waals surface area contributed by atoms with Crippen LogP contribution >= 0.6 is 23.4 Å². The number of halogens is 1. The first kappa shape index (κ1) is 11.6. The Morgan fingerprint density at radius 1 is 1.33 bits per heavy atom. The Morgan fingerprint density at radius 3 is 2.60 bits per heavy atom. The van der Waals surface area contributed by atoms with Crippen molar-refractivity contribution in [3.05, 3.63) is 0 Å². The Kier molecular flexibility index (Phi) is 4.21. The van der Waals surface area contributed by atoms with Crippen LogP contribution in [0.1, 0.15) is 19.3 Å². The summed E-state index contributed by atoms with van der Waals surface area (Å²) in [4.78, 5) is 14.1. The number of carbonyl (C=O) groups excluding carboxylic acids is 1. The molecule has 2 fully saturated rings. The van der Waals surface area contributed by atoms with Gasteiger partial charge < -0.3 is 4.90 Å². The number of nitrogens with zero attached hydrogens (tertiary/aromatic N) is 1. The predicted octanol–water partition coefficient (Wildman–Crippen LogP) is 2.22. The molecule has 2 aliphatic heterocycles. The van der Waals surface area contributed by atoms with Crippen LogP contribution in [0.25, 0.3) is 0 Å². The van der Waals surface area contributed by atoms with Gasteiger partial charge in [0.25, 0.3) is 0 Å². The summed E-state index contributed by atoms with van der Waals surface area (Å²) < 4.78 is 0. The zero-order valence-corrected chi connectivity index (χ0v) is 10.5. The van der Waals surface area contributed by atoms with Gasteiger partial charge in [-0.25, -0.2) is 0 Å². The van der Waals surface area contributed by atoms with Gasteiger partial charge in [0.15, 0.2) is 0 Å². The average Bonchev–Trinajstić information content (AvgIpc) is 2.82. The van der Waals surface area contributed by atoms with Crippen LogP contribution in [0.3, 0.4) is 0 Å². The van der Waals surface area contributed by atoms with Crippen LogP contribution in [-0.2, 0) is 4.79 Å². The van der Waals surface area contributed by atoms with Crippen molar-refractivity contribution in [1.29, 1.82) is 0 Å². The largest absolute Gasteiger partial charge is 0.342 e. The van der Waals surface area contributed by atoms with E-state index in [-0.39, 0.29) is 0 Å². The molecular formula is C11H18ClNOS. The molecule has 0 aromatic carbocycles. The zero-order valence-electron chi connectivity index (χ0n) is 8.95. The normalized spacial score (nSPS) is 28.3. The molecule has 2 heterocycles. The summed E-state index contributed by atoms with van der Waals surface area (Å²) >= 11 is 7.74. The van der Waals surface area contributed by atoms with E-state index >= 15 is 0 Å². The molecule has 1 amide bonds. The number of piperidine rings is 1. The van der Waals surface area contributed by atoms with Crippen LogP contribution < -0.4 is 0 Å². The molecule has 1 unspecified atom stereocenters. The van der Waals surface area contributed by atoms with Gasteiger partial charge in [-0.1, -0.05) is 0 Å². The number of rotatable bonds is 2. The van der Waals surface area contributed by atoms with E-state index in [0.717, 1.165) is 49.7 Å². The molecule has 0 aliphatic carbocycles. The molecule has 0 bridgehead atoms. The van der Waals surface area contributed by atoms with Gasteiger partial charge in [0.2, 0.25) is 5.91 Å². The van der Waals surface area contributed by atoms with E-state index in [9.17, 15) is 4.79 Å². The van der Waals surface area contributed by atoms with Crippen molar-refractivity contribution in [1.82, 2.24) is 4.90 Å². The summed E-state index contributed by atoms with van der Waals surface area (Å²) in [5.41, 5.74) is 0. The fourth-order valence-electron chi connectivity index (χ4n) is 2.30. The lowest BCUT2D eigenvalue weighted by molar-refractivity contribution is -0.136. The Bertz CT molecular complexity index is 223. The summed E-state index contributed by atoms with van der Waals surface area (Å²) in [5, 5.41) is 0. The molecule has 15 heavy (non-hydrogen) atoms. The number of carbonyl (C=O) groups is 1. The molecule has 0 spiro atoms. The molecular weight excluding hydrogens is 230 g/mol. The van der Waals surface area contributed by atoms with Gasteiger partial charge in [-0.05, 0) is 30.9 Å². The third-order valence-electron chi connectivity index (χ3n) is 3.42. The maximum Gasteiger partial charge on any atom is 0.226 e. The highest BCUT2D eigenvalue weighted by Crippen LogP contribution is 2.27. The fourth-order valence-corrected chi connectivity index (χ4v) is 3.82. The number of hydrogen-bond donors (Lipinski definition) is 0. The molecule has 0 aromatic rings. The van der Waals surface area contributed by atoms with E-state index in [2.05, 4.69) is 4.90 Å². The van der Waals surface area contributed by atoms with Crippen molar-refractivity contribution in [2.45, 2.75) is 19.3 Å². The molecule has 2 rings (SSSR count). The van der Waals surface area contributed by atoms with Gasteiger partial charge in [0.05, 0.1) is 0 Å². The number of hydrogen-bond acceptors (Lipinski definition) is 2. The van der Waals surface area contributed by atoms with Crippen molar-refractivity contribution in [3.8, 4) is 0 Å². The highest BCUT2D eigenvalue weighted by atomic mass is 35.5. The summed E-state index contributed by atoms with van der Waals surface area (Å²) in [7, 11) is 0. The summed E-state index contributed by atoms with van der Waals surface area (Å²) in [5.74, 6) is 4.29. The van der Waals surface area contributed by atoms with Crippen LogP contribution in [0.5, 0.6) is 0 Å². The van der Waals surface area contributed by atoms with Gasteiger partial charge in [-0.3, -0.25) is 4.79 Å². The fraction of sp³-hybridized carbons (Fsp3) is 0.909. The molecule has 2 aliphatic rings. The van der Waals surface area contributed by atoms with E-state index < -0.39 is 0 Å². The maximum absolute atomic E-state index is 12.1. The lowest BCUT2D eigenvalue weighted by Gasteiger charge is -2.32. The number of amides is 1. The van der Waals surface area contributed by atoms with Gasteiger partial charge in [-0.15, -0.1) is 11.6 Å². The molecule has 0 N–H and O–H groups in total. The van der Waals surface area contributed by atoms with Crippen molar-refractivity contribution in [2.75, 3.05) is 30.5 Å². The maximum atomic E-state index is 12.1. The number of thioether (sulfide) groups is 1. The van der Waals surface area contributed by atoms with Gasteiger partial charge in [0.1, 0.15) is 0 Å². The lowest BCUT2D eigenvalue weighted by Crippen LogP contribution is -2.42. The minimum absolute atomic E-state index is 0.308. The average molecular weight is 248 g/mol. The minimum atomic E-state index is 0.308. The van der Waals surface area contributed by atoms with E-state index in [4.69, 9.17) is 11.6 Å². The molecule has 1 atom stereocenters. The Hall–Kier alpha value is 0.110. The number of likely N-dealkylation sites (tertiary alicyclic amines) is 1. The Morgan fingerprint density at radius 2 is 2.07 bits per heavy atom. The first-order valence-electron chi connectivity index (χ1n) is 5.73. The van der Waals surface area contributed by atoms with Gasteiger partial charge in [0, 0.05) is 30.6 Å². The van der Waals surface area contributed by atoms with Crippen molar-refractivity contribution >= 4 is 29.3 Å². The predicted molar refractivity (Wildman–Crippen MR) is 65.5 cm³/mol. The molecule has 0 aromatic heterocycles. The SMILES string of the molecule is O=C(C1CCSC1)N1CCC(CCl)CC1. The van der Waals surface area contributed by atoms with Gasteiger partial charge in [-0.2, -0.15) is 11.8 Å². The van der Waals surface area contributed by atoms with Gasteiger partial charge >= 0.3 is 0 Å². The zero-order chi connectivity index (χ0) is 10.7. The summed E-state index contributed by atoms with van der Waals surface area (Å²) in [6.45, 7) is 1.86. The second-order valence-electron chi connectivity index (χ2n) is 4.48. The molecule has 2 saturated heterocycles. The quantitative estimate of drug-likeness (QED) is 0.698. The van der Waals surface area contributed by atoms with Crippen LogP contribution in [0.4, 0.5) is 0 Å². The standard InChI is InChI=1S/C11H18ClNOS/c12-7-9-1-4-13(5-2-9)11(14)10-3-6-15-8-10/h9-10H,1-8H2. The number of alkyl halides is 1. The first-order valence-corrected chi connectivity index (χ1v) is 7.42. The summed E-state index contributed by atoms with van der Waals surface area (Å²) in [6, 6.07) is 0. The van der Waals surface area contributed by atoms with E-state index in [1.54, 1.807) is 0 Å². The van der Waals surface area contributed by atoms with E-state index in [0.29, 0.717) is 17.7 Å². The van der Waals surface area contributed by atoms with Crippen molar-refractivity contribution in [3.63, 3.8) is 0 Å². The van der Waals surface area contributed by atoms with Crippen molar-refractivity contribution < 1.29 is 4.79 Å². The Balaban J connectivity index is 1.81. The van der Waals surface area contributed by atoms with Crippen molar-refractivity contribution in [2.24, 2.45) is 11.8 Å². The van der Waals surface area contributed by atoms with Crippen LogP contribution in [0.2, 0.25) is 0 Å². The first-order chi connectivity index (χ1) is 7.31. The van der Waals surface area contributed by atoms with Crippen LogP contribution in [0, 0.1) is 11.8 Å².